The first-order valence-corrected chi connectivity index (χ1v) is 14.2. The number of benzene rings is 2. The molecule has 41 heavy (non-hydrogen) atoms. The van der Waals surface area contributed by atoms with E-state index in [4.69, 9.17) is 4.74 Å². The van der Waals surface area contributed by atoms with E-state index in [1.165, 1.54) is 11.0 Å². The highest BCUT2D eigenvalue weighted by Crippen LogP contribution is 2.50. The van der Waals surface area contributed by atoms with Crippen molar-refractivity contribution in [3.05, 3.63) is 76.4 Å². The lowest BCUT2D eigenvalue weighted by molar-refractivity contribution is -0.138. The molecule has 2 fully saturated rings. The molecular formula is C31H36F3N5O2. The zero-order chi connectivity index (χ0) is 29.2. The summed E-state index contributed by atoms with van der Waals surface area (Å²) in [5, 5.41) is 12.0. The number of nitrogens with zero attached hydrogens (tertiary/aromatic N) is 4. The molecule has 3 aliphatic rings. The first-order chi connectivity index (χ1) is 19.4. The monoisotopic (exact) mass is 567 g/mol. The van der Waals surface area contributed by atoms with Gasteiger partial charge >= 0.3 is 6.18 Å². The zero-order valence-electron chi connectivity index (χ0n) is 23.9. The molecule has 1 N–H and O–H groups in total. The minimum absolute atomic E-state index is 0.0360. The van der Waals surface area contributed by atoms with Crippen LogP contribution in [0.4, 0.5) is 18.9 Å². The smallest absolute Gasteiger partial charge is 0.381 e. The molecule has 1 aromatic heterocycles. The highest BCUT2D eigenvalue weighted by atomic mass is 19.4. The Labute approximate surface area is 238 Å². The molecular weight excluding hydrogens is 531 g/mol. The Balaban J connectivity index is 1.33. The zero-order valence-corrected chi connectivity index (χ0v) is 23.9. The number of methoxy groups -OCH3 is 1. The van der Waals surface area contributed by atoms with Crippen LogP contribution in [-0.2, 0) is 29.9 Å². The Bertz CT molecular complexity index is 1470. The van der Waals surface area contributed by atoms with E-state index >= 15 is 0 Å². The van der Waals surface area contributed by atoms with Crippen molar-refractivity contribution in [2.75, 3.05) is 18.6 Å². The maximum atomic E-state index is 14.3. The van der Waals surface area contributed by atoms with Crippen molar-refractivity contribution in [1.29, 1.82) is 0 Å². The average Bonchev–Trinajstić information content (AvgIpc) is 3.48. The number of anilines is 1. The van der Waals surface area contributed by atoms with Gasteiger partial charge in [-0.05, 0) is 85.9 Å². The molecule has 0 saturated heterocycles. The molecule has 1 atom stereocenters. The molecule has 10 heteroatoms. The van der Waals surface area contributed by atoms with Crippen molar-refractivity contribution in [2.24, 2.45) is 7.05 Å². The lowest BCUT2D eigenvalue weighted by atomic mass is 9.62. The van der Waals surface area contributed by atoms with Crippen molar-refractivity contribution >= 4 is 11.6 Å². The summed E-state index contributed by atoms with van der Waals surface area (Å²) in [7, 11) is 3.57. The molecule has 1 aliphatic heterocycles. The summed E-state index contributed by atoms with van der Waals surface area (Å²) in [6.45, 7) is 4.49. The van der Waals surface area contributed by atoms with Crippen LogP contribution in [0.25, 0.3) is 0 Å². The van der Waals surface area contributed by atoms with Gasteiger partial charge in [-0.15, -0.1) is 10.2 Å². The van der Waals surface area contributed by atoms with Crippen LogP contribution in [0, 0.1) is 0 Å². The van der Waals surface area contributed by atoms with Gasteiger partial charge in [0.05, 0.1) is 23.6 Å². The number of alkyl halides is 3. The average molecular weight is 568 g/mol. The molecule has 2 aromatic carbocycles. The molecule has 218 valence electrons. The second-order valence-electron chi connectivity index (χ2n) is 12.3. The van der Waals surface area contributed by atoms with Gasteiger partial charge in [-0.1, -0.05) is 19.1 Å². The van der Waals surface area contributed by atoms with Crippen molar-refractivity contribution < 1.29 is 22.7 Å². The number of carbonyl (C=O) groups is 1. The van der Waals surface area contributed by atoms with Gasteiger partial charge in [0.2, 0.25) is 0 Å². The predicted molar refractivity (Wildman–Crippen MR) is 149 cm³/mol. The largest absolute Gasteiger partial charge is 0.416 e. The fourth-order valence-corrected chi connectivity index (χ4v) is 6.70. The van der Waals surface area contributed by atoms with Crippen LogP contribution in [0.5, 0.6) is 0 Å². The third-order valence-electron chi connectivity index (χ3n) is 9.57. The van der Waals surface area contributed by atoms with Gasteiger partial charge in [0.1, 0.15) is 12.2 Å². The van der Waals surface area contributed by atoms with E-state index in [0.29, 0.717) is 30.6 Å². The highest BCUT2D eigenvalue weighted by Gasteiger charge is 2.50. The third kappa shape index (κ3) is 4.74. The summed E-state index contributed by atoms with van der Waals surface area (Å²) in [4.78, 5) is 15.2. The fourth-order valence-electron chi connectivity index (χ4n) is 6.70. The molecule has 3 aromatic rings. The minimum atomic E-state index is -4.57. The van der Waals surface area contributed by atoms with Crippen molar-refractivity contribution in [3.8, 4) is 0 Å². The van der Waals surface area contributed by atoms with Crippen molar-refractivity contribution in [3.63, 3.8) is 0 Å². The van der Waals surface area contributed by atoms with Crippen molar-refractivity contribution in [2.45, 2.75) is 81.6 Å². The fraction of sp³-hybridized carbons (Fsp3) is 0.516. The van der Waals surface area contributed by atoms with Crippen LogP contribution >= 0.6 is 0 Å². The molecule has 2 saturated carbocycles. The molecule has 6 rings (SSSR count). The van der Waals surface area contributed by atoms with E-state index in [2.05, 4.69) is 22.4 Å². The molecule has 2 heterocycles. The molecule has 0 radical (unpaired) electrons. The normalized spacial score (nSPS) is 24.1. The first kappa shape index (κ1) is 27.9. The summed E-state index contributed by atoms with van der Waals surface area (Å²) >= 11 is 0. The van der Waals surface area contributed by atoms with Crippen LogP contribution in [0.15, 0.2) is 42.7 Å². The summed E-state index contributed by atoms with van der Waals surface area (Å²) in [5.41, 5.74) is 1.05. The lowest BCUT2D eigenvalue weighted by Gasteiger charge is -2.46. The Morgan fingerprint density at radius 1 is 1.20 bits per heavy atom. The summed E-state index contributed by atoms with van der Waals surface area (Å²) in [6, 6.07) is 10.4. The van der Waals surface area contributed by atoms with Gasteiger partial charge in [0.25, 0.3) is 5.91 Å². The van der Waals surface area contributed by atoms with Gasteiger partial charge in [0, 0.05) is 37.5 Å². The predicted octanol–water partition coefficient (Wildman–Crippen LogP) is 5.72. The summed E-state index contributed by atoms with van der Waals surface area (Å²) in [6.07, 6.45) is 1.82. The van der Waals surface area contributed by atoms with Gasteiger partial charge in [-0.3, -0.25) is 4.79 Å². The Kier molecular flexibility index (Phi) is 6.77. The first-order valence-electron chi connectivity index (χ1n) is 14.2. The Hall–Kier alpha value is -3.24. The Morgan fingerprint density at radius 3 is 2.56 bits per heavy atom. The number of fused-ring (bicyclic) bond motifs is 1. The van der Waals surface area contributed by atoms with Gasteiger partial charge in [-0.2, -0.15) is 13.2 Å². The maximum Gasteiger partial charge on any atom is 0.416 e. The van der Waals surface area contributed by atoms with E-state index < -0.39 is 23.1 Å². The van der Waals surface area contributed by atoms with Crippen LogP contribution in [0.3, 0.4) is 0 Å². The molecule has 0 bridgehead atoms. The second kappa shape index (κ2) is 9.94. The van der Waals surface area contributed by atoms with Crippen LogP contribution in [0.1, 0.15) is 90.3 Å². The van der Waals surface area contributed by atoms with E-state index in [1.807, 2.05) is 36.7 Å². The number of hydrogen-bond donors (Lipinski definition) is 1. The third-order valence-corrected chi connectivity index (χ3v) is 9.57. The van der Waals surface area contributed by atoms with Gasteiger partial charge in [-0.25, -0.2) is 0 Å². The summed E-state index contributed by atoms with van der Waals surface area (Å²) in [5.74, 6) is 0.204. The number of ether oxygens (including phenoxy) is 1. The number of nitrogens with one attached hydrogen (secondary N) is 1. The van der Waals surface area contributed by atoms with E-state index in [9.17, 15) is 18.0 Å². The minimum Gasteiger partial charge on any atom is -0.381 e. The van der Waals surface area contributed by atoms with Crippen LogP contribution < -0.4 is 10.2 Å². The van der Waals surface area contributed by atoms with E-state index in [0.717, 1.165) is 30.7 Å². The standard InChI is InChI=1S/C31H36F3N5O2/c1-19(16-35-29(2)9-6-10-29)20-11-24-25(26(12-20)31(32,33)34)17-39(27(24)40)22-8-5-7-21(13-22)30(14-23(15-30)41-4)28-37-36-18-38(28)3/h5,7-8,11-13,18-19,23,35H,6,9-10,14-17H2,1-4H3/t19-,23?,30?/m1/s1. The quantitative estimate of drug-likeness (QED) is 0.377. The SMILES string of the molecule is COC1CC(c2cccc(N3Cc4c(cc([C@H](C)CNC5(C)CCC5)cc4C(F)(F)F)C3=O)c2)(c2nncn2C)C1. The number of aromatic nitrogens is 3. The molecule has 0 spiro atoms. The second-order valence-corrected chi connectivity index (χ2v) is 12.3. The number of amides is 1. The van der Waals surface area contributed by atoms with E-state index in [-0.39, 0.29) is 35.2 Å². The lowest BCUT2D eigenvalue weighted by Crippen LogP contribution is -2.49. The molecule has 1 amide bonds. The number of halogens is 3. The maximum absolute atomic E-state index is 14.3. The molecule has 2 aliphatic carbocycles. The van der Waals surface area contributed by atoms with Gasteiger partial charge in [0.15, 0.2) is 0 Å². The highest BCUT2D eigenvalue weighted by molar-refractivity contribution is 6.10. The number of hydrogen-bond acceptors (Lipinski definition) is 5. The van der Waals surface area contributed by atoms with E-state index in [1.54, 1.807) is 25.6 Å². The van der Waals surface area contributed by atoms with Crippen LogP contribution in [0.2, 0.25) is 0 Å². The summed E-state index contributed by atoms with van der Waals surface area (Å²) < 4.78 is 50.5. The van der Waals surface area contributed by atoms with Gasteiger partial charge < -0.3 is 19.5 Å². The number of aryl methyl sites for hydroxylation is 1. The van der Waals surface area contributed by atoms with Crippen molar-refractivity contribution in [1.82, 2.24) is 20.1 Å². The Morgan fingerprint density at radius 2 is 1.95 bits per heavy atom. The number of rotatable bonds is 8. The molecule has 0 unspecified atom stereocenters. The topological polar surface area (TPSA) is 72.3 Å². The molecule has 7 nitrogen and oxygen atoms in total. The van der Waals surface area contributed by atoms with Crippen LogP contribution in [-0.4, -0.2) is 46.0 Å². The number of carbonyl (C=O) groups excluding carboxylic acids is 1.